The summed E-state index contributed by atoms with van der Waals surface area (Å²) in [5.41, 5.74) is 2.36. The number of piperazine rings is 1. The predicted molar refractivity (Wildman–Crippen MR) is 115 cm³/mol. The summed E-state index contributed by atoms with van der Waals surface area (Å²) in [7, 11) is 0. The van der Waals surface area contributed by atoms with Crippen molar-refractivity contribution in [3.63, 3.8) is 0 Å². The molecule has 0 amide bonds. The van der Waals surface area contributed by atoms with E-state index in [4.69, 9.17) is 4.42 Å². The van der Waals surface area contributed by atoms with E-state index in [9.17, 15) is 5.11 Å². The van der Waals surface area contributed by atoms with Crippen LogP contribution in [0, 0.1) is 0 Å². The van der Waals surface area contributed by atoms with Gasteiger partial charge < -0.3 is 19.4 Å². The van der Waals surface area contributed by atoms with Gasteiger partial charge in [0.1, 0.15) is 0 Å². The van der Waals surface area contributed by atoms with Crippen molar-refractivity contribution in [3.05, 3.63) is 48.0 Å². The highest BCUT2D eigenvalue weighted by Crippen LogP contribution is 2.22. The number of para-hydroxylation sites is 1. The van der Waals surface area contributed by atoms with Crippen molar-refractivity contribution in [2.24, 2.45) is 0 Å². The largest absolute Gasteiger partial charge is 0.424 e. The molecular formula is C22H31N5O2. The van der Waals surface area contributed by atoms with Gasteiger partial charge in [-0.15, -0.1) is 0 Å². The summed E-state index contributed by atoms with van der Waals surface area (Å²) in [6, 6.07) is 9.49. The van der Waals surface area contributed by atoms with Crippen molar-refractivity contribution in [2.45, 2.75) is 45.5 Å². The van der Waals surface area contributed by atoms with Crippen LogP contribution < -0.4 is 10.2 Å². The van der Waals surface area contributed by atoms with Crippen LogP contribution in [0.25, 0.3) is 10.9 Å². The number of nitrogens with zero attached hydrogens (tertiary/aromatic N) is 3. The maximum absolute atomic E-state index is 10.6. The van der Waals surface area contributed by atoms with Crippen LogP contribution in [-0.2, 0) is 6.42 Å². The number of oxazole rings is 1. The quantitative estimate of drug-likeness (QED) is 0.532. The Morgan fingerprint density at radius 3 is 2.69 bits per heavy atom. The van der Waals surface area contributed by atoms with Gasteiger partial charge in [-0.1, -0.05) is 18.2 Å². The molecule has 2 aromatic heterocycles. The van der Waals surface area contributed by atoms with E-state index in [0.29, 0.717) is 17.8 Å². The molecule has 7 heteroatoms. The predicted octanol–water partition coefficient (Wildman–Crippen LogP) is 2.90. The number of nitrogens with one attached hydrogen (secondary N) is 2. The van der Waals surface area contributed by atoms with E-state index in [1.165, 1.54) is 10.9 Å². The fourth-order valence-electron chi connectivity index (χ4n) is 4.02. The normalized spacial score (nSPS) is 17.9. The average Bonchev–Trinajstić information content (AvgIpc) is 3.36. The summed E-state index contributed by atoms with van der Waals surface area (Å²) in [6.07, 6.45) is 3.59. The van der Waals surface area contributed by atoms with E-state index in [0.717, 1.165) is 38.1 Å². The minimum Gasteiger partial charge on any atom is -0.424 e. The number of aromatic nitrogens is 2. The fourth-order valence-corrected chi connectivity index (χ4v) is 4.02. The third kappa shape index (κ3) is 4.47. The molecule has 1 aliphatic rings. The summed E-state index contributed by atoms with van der Waals surface area (Å²) >= 11 is 0. The third-order valence-electron chi connectivity index (χ3n) is 5.74. The van der Waals surface area contributed by atoms with Crippen molar-refractivity contribution in [1.82, 2.24) is 20.2 Å². The van der Waals surface area contributed by atoms with Gasteiger partial charge in [0.25, 0.3) is 6.01 Å². The molecule has 0 spiro atoms. The summed E-state index contributed by atoms with van der Waals surface area (Å²) in [5, 5.41) is 15.0. The second kappa shape index (κ2) is 8.57. The third-order valence-corrected chi connectivity index (χ3v) is 5.74. The van der Waals surface area contributed by atoms with E-state index in [-0.39, 0.29) is 6.04 Å². The number of anilines is 1. The van der Waals surface area contributed by atoms with E-state index < -0.39 is 6.23 Å². The van der Waals surface area contributed by atoms with Crippen molar-refractivity contribution in [1.29, 1.82) is 0 Å². The summed E-state index contributed by atoms with van der Waals surface area (Å²) < 4.78 is 5.86. The Kier molecular flexibility index (Phi) is 5.89. The molecule has 3 aromatic rings. The number of rotatable bonds is 7. The SMILES string of the molecule is CC(Cc1c[nH]c2ccccc12)NC(O)c1cnc(N2CCN(C(C)C)CC2)o1. The molecule has 7 nitrogen and oxygen atoms in total. The molecule has 3 N–H and O–H groups in total. The highest BCUT2D eigenvalue weighted by atomic mass is 16.4. The number of benzene rings is 1. The molecule has 2 atom stereocenters. The van der Waals surface area contributed by atoms with Crippen LogP contribution in [0.1, 0.15) is 38.3 Å². The van der Waals surface area contributed by atoms with E-state index in [1.54, 1.807) is 6.20 Å². The maximum Gasteiger partial charge on any atom is 0.297 e. The first kappa shape index (κ1) is 19.9. The summed E-state index contributed by atoms with van der Waals surface area (Å²) in [5.74, 6) is 0.456. The van der Waals surface area contributed by atoms with Crippen molar-refractivity contribution < 1.29 is 9.52 Å². The van der Waals surface area contributed by atoms with Gasteiger partial charge in [0.15, 0.2) is 12.0 Å². The molecule has 0 saturated carbocycles. The number of aliphatic hydroxyl groups excluding tert-OH is 1. The smallest absolute Gasteiger partial charge is 0.297 e. The summed E-state index contributed by atoms with van der Waals surface area (Å²) in [6.45, 7) is 10.3. The number of hydrogen-bond acceptors (Lipinski definition) is 6. The van der Waals surface area contributed by atoms with Gasteiger partial charge in [0.2, 0.25) is 0 Å². The number of hydrogen-bond donors (Lipinski definition) is 3. The van der Waals surface area contributed by atoms with Crippen LogP contribution in [0.4, 0.5) is 6.01 Å². The first-order valence-electron chi connectivity index (χ1n) is 10.4. The lowest BCUT2D eigenvalue weighted by Gasteiger charge is -2.36. The Bertz CT molecular complexity index is 926. The second-order valence-electron chi connectivity index (χ2n) is 8.20. The topological polar surface area (TPSA) is 80.6 Å². The second-order valence-corrected chi connectivity index (χ2v) is 8.20. The van der Waals surface area contributed by atoms with Gasteiger partial charge in [-0.25, -0.2) is 4.98 Å². The van der Waals surface area contributed by atoms with Gasteiger partial charge >= 0.3 is 0 Å². The molecule has 0 radical (unpaired) electrons. The molecular weight excluding hydrogens is 366 g/mol. The Hall–Kier alpha value is -2.35. The Labute approximate surface area is 171 Å². The minimum absolute atomic E-state index is 0.0762. The van der Waals surface area contributed by atoms with Crippen molar-refractivity contribution in [2.75, 3.05) is 31.1 Å². The van der Waals surface area contributed by atoms with E-state index >= 15 is 0 Å². The van der Waals surface area contributed by atoms with Crippen LogP contribution >= 0.6 is 0 Å². The van der Waals surface area contributed by atoms with Gasteiger partial charge in [-0.05, 0) is 38.8 Å². The minimum atomic E-state index is -0.881. The van der Waals surface area contributed by atoms with Gasteiger partial charge in [-0.2, -0.15) is 0 Å². The van der Waals surface area contributed by atoms with Gasteiger partial charge in [0.05, 0.1) is 6.20 Å². The van der Waals surface area contributed by atoms with Crippen molar-refractivity contribution >= 4 is 16.9 Å². The lowest BCUT2D eigenvalue weighted by atomic mass is 10.1. The molecule has 0 aliphatic carbocycles. The molecule has 29 heavy (non-hydrogen) atoms. The number of H-pyrrole nitrogens is 1. The lowest BCUT2D eigenvalue weighted by Crippen LogP contribution is -2.49. The van der Waals surface area contributed by atoms with Gasteiger partial charge in [-0.3, -0.25) is 10.2 Å². The molecule has 1 saturated heterocycles. The Balaban J connectivity index is 1.33. The lowest BCUT2D eigenvalue weighted by molar-refractivity contribution is 0.102. The van der Waals surface area contributed by atoms with Crippen LogP contribution in [0.3, 0.4) is 0 Å². The standard InChI is InChI=1S/C22H31N5O2/c1-15(2)26-8-10-27(11-9-26)22-24-14-20(29-22)21(28)25-16(3)12-17-13-23-19-7-5-4-6-18(17)19/h4-7,13-16,21,23,25,28H,8-12H2,1-3H3. The van der Waals surface area contributed by atoms with Crippen LogP contribution in [0.15, 0.2) is 41.1 Å². The number of aromatic amines is 1. The maximum atomic E-state index is 10.6. The van der Waals surface area contributed by atoms with Crippen LogP contribution in [0.2, 0.25) is 0 Å². The highest BCUT2D eigenvalue weighted by molar-refractivity contribution is 5.83. The molecule has 1 fully saturated rings. The average molecular weight is 398 g/mol. The first-order valence-corrected chi connectivity index (χ1v) is 10.4. The molecule has 1 aliphatic heterocycles. The number of fused-ring (bicyclic) bond motifs is 1. The monoisotopic (exact) mass is 397 g/mol. The Morgan fingerprint density at radius 1 is 1.17 bits per heavy atom. The molecule has 1 aromatic carbocycles. The van der Waals surface area contributed by atoms with Gasteiger partial charge in [0, 0.05) is 55.4 Å². The van der Waals surface area contributed by atoms with E-state index in [2.05, 4.69) is 58.0 Å². The number of aliphatic hydroxyl groups is 1. The Morgan fingerprint density at radius 2 is 1.93 bits per heavy atom. The first-order chi connectivity index (χ1) is 14.0. The van der Waals surface area contributed by atoms with Crippen LogP contribution in [0.5, 0.6) is 0 Å². The zero-order valence-corrected chi connectivity index (χ0v) is 17.4. The zero-order valence-electron chi connectivity index (χ0n) is 17.4. The molecule has 3 heterocycles. The van der Waals surface area contributed by atoms with E-state index in [1.807, 2.05) is 18.3 Å². The molecule has 156 valence electrons. The molecule has 4 rings (SSSR count). The molecule has 0 bridgehead atoms. The molecule has 2 unspecified atom stereocenters. The van der Waals surface area contributed by atoms with Crippen LogP contribution in [-0.4, -0.2) is 58.2 Å². The summed E-state index contributed by atoms with van der Waals surface area (Å²) in [4.78, 5) is 12.3. The highest BCUT2D eigenvalue weighted by Gasteiger charge is 2.24. The van der Waals surface area contributed by atoms with Crippen molar-refractivity contribution in [3.8, 4) is 0 Å². The fraction of sp³-hybridized carbons (Fsp3) is 0.500. The zero-order chi connectivity index (χ0) is 20.4.